The van der Waals surface area contributed by atoms with Gasteiger partial charge in [0.25, 0.3) is 5.91 Å². The van der Waals surface area contributed by atoms with Crippen molar-refractivity contribution in [1.29, 1.82) is 0 Å². The van der Waals surface area contributed by atoms with Crippen LogP contribution in [-0.4, -0.2) is 54.3 Å². The van der Waals surface area contributed by atoms with Crippen LogP contribution in [0.1, 0.15) is 21.7 Å². The molecule has 9 heteroatoms. The maximum absolute atomic E-state index is 13.1. The summed E-state index contributed by atoms with van der Waals surface area (Å²) in [7, 11) is 0. The van der Waals surface area contributed by atoms with Crippen molar-refractivity contribution in [3.05, 3.63) is 59.5 Å². The molecule has 0 spiro atoms. The van der Waals surface area contributed by atoms with Crippen LogP contribution in [0.4, 0.5) is 13.2 Å². The topological polar surface area (TPSA) is 65.8 Å². The van der Waals surface area contributed by atoms with E-state index >= 15 is 0 Å². The van der Waals surface area contributed by atoms with Crippen molar-refractivity contribution >= 4 is 11.8 Å². The molecule has 0 radical (unpaired) electrons. The van der Waals surface area contributed by atoms with Crippen LogP contribution in [0.15, 0.2) is 47.1 Å². The predicted molar refractivity (Wildman–Crippen MR) is 94.3 cm³/mol. The molecule has 150 valence electrons. The number of benzene rings is 1. The summed E-state index contributed by atoms with van der Waals surface area (Å²) in [5.74, 6) is -0.180. The van der Waals surface area contributed by atoms with Gasteiger partial charge >= 0.3 is 6.18 Å². The molecule has 1 aliphatic rings. The van der Waals surface area contributed by atoms with E-state index in [2.05, 4.69) is 5.32 Å². The molecule has 0 atom stereocenters. The smallest absolute Gasteiger partial charge is 0.417 e. The number of nitrogens with one attached hydrogen (secondary N) is 1. The van der Waals surface area contributed by atoms with E-state index in [1.54, 1.807) is 12.1 Å². The fourth-order valence-electron chi connectivity index (χ4n) is 3.05. The average Bonchev–Trinajstić information content (AvgIpc) is 3.19. The highest BCUT2D eigenvalue weighted by atomic mass is 19.4. The molecule has 1 aromatic heterocycles. The third-order valence-electron chi connectivity index (χ3n) is 4.53. The van der Waals surface area contributed by atoms with E-state index in [0.717, 1.165) is 6.07 Å². The average molecular weight is 395 g/mol. The van der Waals surface area contributed by atoms with Crippen LogP contribution >= 0.6 is 0 Å². The zero-order chi connectivity index (χ0) is 20.1. The van der Waals surface area contributed by atoms with Gasteiger partial charge in [-0.3, -0.25) is 14.5 Å². The second-order valence-electron chi connectivity index (χ2n) is 6.47. The number of halogens is 3. The molecule has 0 unspecified atom stereocenters. The van der Waals surface area contributed by atoms with Gasteiger partial charge in [0.2, 0.25) is 5.91 Å². The van der Waals surface area contributed by atoms with E-state index in [4.69, 9.17) is 4.42 Å². The third kappa shape index (κ3) is 4.92. The Kier molecular flexibility index (Phi) is 6.03. The summed E-state index contributed by atoms with van der Waals surface area (Å²) in [6, 6.07) is 8.27. The van der Waals surface area contributed by atoms with Gasteiger partial charge in [-0.15, -0.1) is 0 Å². The second-order valence-corrected chi connectivity index (χ2v) is 6.47. The van der Waals surface area contributed by atoms with Gasteiger partial charge in [0, 0.05) is 26.2 Å². The van der Waals surface area contributed by atoms with E-state index in [1.807, 2.05) is 4.90 Å². The zero-order valence-electron chi connectivity index (χ0n) is 15.0. The maximum Gasteiger partial charge on any atom is 0.417 e. The quantitative estimate of drug-likeness (QED) is 0.844. The van der Waals surface area contributed by atoms with E-state index in [1.165, 1.54) is 29.4 Å². The highest BCUT2D eigenvalue weighted by Gasteiger charge is 2.36. The lowest BCUT2D eigenvalue weighted by molar-refractivity contribution is -0.138. The van der Waals surface area contributed by atoms with Gasteiger partial charge in [-0.1, -0.05) is 12.1 Å². The lowest BCUT2D eigenvalue weighted by atomic mass is 10.1. The highest BCUT2D eigenvalue weighted by Crippen LogP contribution is 2.32. The number of hydrogen-bond acceptors (Lipinski definition) is 4. The molecule has 2 amide bonds. The molecule has 0 bridgehead atoms. The maximum atomic E-state index is 13.1. The molecular formula is C19H20F3N3O3. The van der Waals surface area contributed by atoms with Gasteiger partial charge in [0.15, 0.2) is 0 Å². The summed E-state index contributed by atoms with van der Waals surface area (Å²) < 4.78 is 44.5. The second kappa shape index (κ2) is 8.47. The Morgan fingerprint density at radius 3 is 2.39 bits per heavy atom. The molecule has 3 rings (SSSR count). The standard InChI is InChI=1S/C19H20F3N3O3/c20-19(21,22)16-6-2-1-5-15(16)18(27)25-9-7-24(8-10-25)13-17(26)23-12-14-4-3-11-28-14/h1-6,11H,7-10,12-13H2,(H,23,26). The Morgan fingerprint density at radius 1 is 1.04 bits per heavy atom. The van der Waals surface area contributed by atoms with Crippen LogP contribution in [-0.2, 0) is 17.5 Å². The van der Waals surface area contributed by atoms with Crippen LogP contribution in [0.5, 0.6) is 0 Å². The fourth-order valence-corrected chi connectivity index (χ4v) is 3.05. The van der Waals surface area contributed by atoms with Crippen LogP contribution in [0.2, 0.25) is 0 Å². The lowest BCUT2D eigenvalue weighted by Crippen LogP contribution is -2.51. The van der Waals surface area contributed by atoms with E-state index in [-0.39, 0.29) is 31.1 Å². The Labute approximate surface area is 159 Å². The zero-order valence-corrected chi connectivity index (χ0v) is 15.0. The van der Waals surface area contributed by atoms with Crippen LogP contribution in [0.3, 0.4) is 0 Å². The molecule has 28 heavy (non-hydrogen) atoms. The Bertz CT molecular complexity index is 813. The number of furan rings is 1. The Balaban J connectivity index is 1.51. The number of amides is 2. The molecule has 1 aliphatic heterocycles. The Hall–Kier alpha value is -2.81. The van der Waals surface area contributed by atoms with Crippen molar-refractivity contribution in [1.82, 2.24) is 15.1 Å². The lowest BCUT2D eigenvalue weighted by Gasteiger charge is -2.34. The largest absolute Gasteiger partial charge is 0.467 e. The summed E-state index contributed by atoms with van der Waals surface area (Å²) in [5.41, 5.74) is -1.28. The van der Waals surface area contributed by atoms with Crippen LogP contribution in [0, 0.1) is 0 Å². The molecule has 0 aliphatic carbocycles. The van der Waals surface area contributed by atoms with E-state index in [0.29, 0.717) is 25.4 Å². The van der Waals surface area contributed by atoms with Gasteiger partial charge in [0.1, 0.15) is 5.76 Å². The van der Waals surface area contributed by atoms with Gasteiger partial charge in [-0.2, -0.15) is 13.2 Å². The minimum Gasteiger partial charge on any atom is -0.467 e. The number of carbonyl (C=O) groups excluding carboxylic acids is 2. The molecule has 1 saturated heterocycles. The number of hydrogen-bond donors (Lipinski definition) is 1. The number of rotatable bonds is 5. The van der Waals surface area contributed by atoms with Crippen molar-refractivity contribution < 1.29 is 27.2 Å². The number of piperazine rings is 1. The summed E-state index contributed by atoms with van der Waals surface area (Å²) in [6.07, 6.45) is -3.06. The highest BCUT2D eigenvalue weighted by molar-refractivity contribution is 5.96. The number of alkyl halides is 3. The molecule has 1 N–H and O–H groups in total. The first kappa shape index (κ1) is 19.9. The molecule has 1 aromatic carbocycles. The molecule has 0 saturated carbocycles. The SMILES string of the molecule is O=C(CN1CCN(C(=O)c2ccccc2C(F)(F)F)CC1)NCc1ccco1. The predicted octanol–water partition coefficient (Wildman–Crippen LogP) is 2.37. The number of carbonyl (C=O) groups is 2. The molecule has 1 fully saturated rings. The van der Waals surface area contributed by atoms with Crippen molar-refractivity contribution in [3.8, 4) is 0 Å². The molecule has 2 aromatic rings. The molecular weight excluding hydrogens is 375 g/mol. The van der Waals surface area contributed by atoms with Crippen molar-refractivity contribution in [3.63, 3.8) is 0 Å². The van der Waals surface area contributed by atoms with Crippen LogP contribution in [0.25, 0.3) is 0 Å². The van der Waals surface area contributed by atoms with Crippen LogP contribution < -0.4 is 5.32 Å². The van der Waals surface area contributed by atoms with Crippen molar-refractivity contribution in [2.24, 2.45) is 0 Å². The summed E-state index contributed by atoms with van der Waals surface area (Å²) in [5, 5.41) is 2.74. The normalized spacial score (nSPS) is 15.5. The van der Waals surface area contributed by atoms with Crippen molar-refractivity contribution in [2.45, 2.75) is 12.7 Å². The molecule has 6 nitrogen and oxygen atoms in total. The molecule has 2 heterocycles. The first-order valence-electron chi connectivity index (χ1n) is 8.81. The summed E-state index contributed by atoms with van der Waals surface area (Å²) in [6.45, 7) is 1.79. The van der Waals surface area contributed by atoms with Gasteiger partial charge < -0.3 is 14.6 Å². The first-order chi connectivity index (χ1) is 13.3. The first-order valence-corrected chi connectivity index (χ1v) is 8.81. The van der Waals surface area contributed by atoms with Gasteiger partial charge in [-0.25, -0.2) is 0 Å². The minimum atomic E-state index is -4.58. The minimum absolute atomic E-state index is 0.155. The fraction of sp³-hybridized carbons (Fsp3) is 0.368. The van der Waals surface area contributed by atoms with Crippen molar-refractivity contribution in [2.75, 3.05) is 32.7 Å². The third-order valence-corrected chi connectivity index (χ3v) is 4.53. The summed E-state index contributed by atoms with van der Waals surface area (Å²) >= 11 is 0. The summed E-state index contributed by atoms with van der Waals surface area (Å²) in [4.78, 5) is 27.8. The van der Waals surface area contributed by atoms with Gasteiger partial charge in [0.05, 0.1) is 30.5 Å². The van der Waals surface area contributed by atoms with Gasteiger partial charge in [-0.05, 0) is 24.3 Å². The number of nitrogens with zero attached hydrogens (tertiary/aromatic N) is 2. The Morgan fingerprint density at radius 2 is 1.75 bits per heavy atom. The van der Waals surface area contributed by atoms with E-state index < -0.39 is 17.6 Å². The monoisotopic (exact) mass is 395 g/mol. The van der Waals surface area contributed by atoms with E-state index in [9.17, 15) is 22.8 Å².